The van der Waals surface area contributed by atoms with Gasteiger partial charge in [-0.15, -0.1) is 11.3 Å². The van der Waals surface area contributed by atoms with Gasteiger partial charge >= 0.3 is 11.9 Å². The molecule has 0 N–H and O–H groups in total. The Labute approximate surface area is 143 Å². The summed E-state index contributed by atoms with van der Waals surface area (Å²) in [5.41, 5.74) is 0.841. The van der Waals surface area contributed by atoms with E-state index in [1.54, 1.807) is 27.7 Å². The SMILES string of the molecule is CC(C)OC(=O)C(Sc1nc2ccccc2s1)C(=O)OC(C)C. The minimum absolute atomic E-state index is 0.298. The summed E-state index contributed by atoms with van der Waals surface area (Å²) in [6, 6.07) is 7.66. The lowest BCUT2D eigenvalue weighted by Gasteiger charge is -2.17. The Kier molecular flexibility index (Phi) is 6.01. The highest BCUT2D eigenvalue weighted by atomic mass is 32.2. The molecule has 5 nitrogen and oxygen atoms in total. The summed E-state index contributed by atoms with van der Waals surface area (Å²) in [7, 11) is 0. The van der Waals surface area contributed by atoms with Gasteiger partial charge in [0.25, 0.3) is 0 Å². The predicted octanol–water partition coefficient (Wildman–Crippen LogP) is 3.66. The molecular weight excluding hydrogens is 334 g/mol. The number of hydrogen-bond acceptors (Lipinski definition) is 7. The molecule has 0 aliphatic heterocycles. The maximum Gasteiger partial charge on any atom is 0.331 e. The fraction of sp³-hybridized carbons (Fsp3) is 0.438. The molecule has 0 atom stereocenters. The third-order valence-corrected chi connectivity index (χ3v) is 4.91. The number of carbonyl (C=O) groups excluding carboxylic acids is 2. The maximum absolute atomic E-state index is 12.2. The van der Waals surface area contributed by atoms with Crippen LogP contribution in [-0.2, 0) is 19.1 Å². The molecule has 1 heterocycles. The lowest BCUT2D eigenvalue weighted by molar-refractivity contribution is -0.157. The molecular formula is C16H19NO4S2. The summed E-state index contributed by atoms with van der Waals surface area (Å²) in [6.07, 6.45) is -0.597. The van der Waals surface area contributed by atoms with Crippen molar-refractivity contribution in [3.8, 4) is 0 Å². The minimum atomic E-state index is -1.07. The van der Waals surface area contributed by atoms with E-state index in [0.29, 0.717) is 4.34 Å². The first-order valence-electron chi connectivity index (χ1n) is 7.30. The Morgan fingerprint density at radius 1 is 1.04 bits per heavy atom. The van der Waals surface area contributed by atoms with Crippen LogP contribution >= 0.6 is 23.1 Å². The van der Waals surface area contributed by atoms with Gasteiger partial charge in [-0.05, 0) is 39.8 Å². The van der Waals surface area contributed by atoms with Crippen molar-refractivity contribution < 1.29 is 19.1 Å². The number of ether oxygens (including phenoxy) is 2. The highest BCUT2D eigenvalue weighted by molar-refractivity contribution is 8.03. The van der Waals surface area contributed by atoms with Gasteiger partial charge in [0.2, 0.25) is 5.25 Å². The van der Waals surface area contributed by atoms with Crippen molar-refractivity contribution in [1.82, 2.24) is 4.98 Å². The van der Waals surface area contributed by atoms with E-state index in [9.17, 15) is 9.59 Å². The summed E-state index contributed by atoms with van der Waals surface area (Å²) in [4.78, 5) is 28.9. The molecule has 1 aromatic carbocycles. The van der Waals surface area contributed by atoms with Crippen molar-refractivity contribution >= 4 is 45.3 Å². The molecule has 0 unspecified atom stereocenters. The van der Waals surface area contributed by atoms with Crippen molar-refractivity contribution in [2.45, 2.75) is 49.5 Å². The molecule has 2 aromatic rings. The van der Waals surface area contributed by atoms with E-state index in [1.807, 2.05) is 24.3 Å². The fourth-order valence-electron chi connectivity index (χ4n) is 1.78. The number of fused-ring (bicyclic) bond motifs is 1. The van der Waals surface area contributed by atoms with Gasteiger partial charge in [-0.1, -0.05) is 23.9 Å². The van der Waals surface area contributed by atoms with Crippen LogP contribution in [0.2, 0.25) is 0 Å². The Hall–Kier alpha value is -1.60. The second kappa shape index (κ2) is 7.79. The van der Waals surface area contributed by atoms with Crippen LogP contribution in [0, 0.1) is 0 Å². The number of thiazole rings is 1. The molecule has 7 heteroatoms. The van der Waals surface area contributed by atoms with Gasteiger partial charge in [0.15, 0.2) is 4.34 Å². The van der Waals surface area contributed by atoms with Crippen LogP contribution in [0.1, 0.15) is 27.7 Å². The molecule has 23 heavy (non-hydrogen) atoms. The predicted molar refractivity (Wildman–Crippen MR) is 91.7 cm³/mol. The number of nitrogens with zero attached hydrogens (tertiary/aromatic N) is 1. The van der Waals surface area contributed by atoms with E-state index in [2.05, 4.69) is 4.98 Å². The lowest BCUT2D eigenvalue weighted by atomic mass is 10.3. The quantitative estimate of drug-likeness (QED) is 0.449. The summed E-state index contributed by atoms with van der Waals surface area (Å²) in [5, 5.41) is -1.07. The Morgan fingerprint density at radius 2 is 1.61 bits per heavy atom. The van der Waals surface area contributed by atoms with E-state index >= 15 is 0 Å². The van der Waals surface area contributed by atoms with Gasteiger partial charge in [0.1, 0.15) is 0 Å². The molecule has 0 aliphatic carbocycles. The van der Waals surface area contributed by atoms with Gasteiger partial charge < -0.3 is 9.47 Å². The van der Waals surface area contributed by atoms with Crippen molar-refractivity contribution in [3.63, 3.8) is 0 Å². The van der Waals surface area contributed by atoms with E-state index in [4.69, 9.17) is 9.47 Å². The Morgan fingerprint density at radius 3 is 2.13 bits per heavy atom. The molecule has 1 aromatic heterocycles. The standard InChI is InChI=1S/C16H19NO4S2/c1-9(2)20-14(18)13(15(19)21-10(3)4)23-16-17-11-7-5-6-8-12(11)22-16/h5-10,13H,1-4H3. The molecule has 0 spiro atoms. The highest BCUT2D eigenvalue weighted by Crippen LogP contribution is 2.33. The monoisotopic (exact) mass is 353 g/mol. The summed E-state index contributed by atoms with van der Waals surface area (Å²) in [5.74, 6) is -1.20. The molecule has 0 aliphatic rings. The van der Waals surface area contributed by atoms with Gasteiger partial charge in [0, 0.05) is 0 Å². The lowest BCUT2D eigenvalue weighted by Crippen LogP contribution is -2.33. The molecule has 0 amide bonds. The minimum Gasteiger partial charge on any atom is -0.462 e. The second-order valence-corrected chi connectivity index (χ2v) is 7.80. The largest absolute Gasteiger partial charge is 0.462 e. The molecule has 2 rings (SSSR count). The first-order valence-corrected chi connectivity index (χ1v) is 8.99. The second-order valence-electron chi connectivity index (χ2n) is 5.42. The van der Waals surface area contributed by atoms with E-state index < -0.39 is 17.2 Å². The van der Waals surface area contributed by atoms with Crippen LogP contribution in [-0.4, -0.2) is 34.4 Å². The van der Waals surface area contributed by atoms with Crippen molar-refractivity contribution in [3.05, 3.63) is 24.3 Å². The zero-order valence-electron chi connectivity index (χ0n) is 13.4. The van der Waals surface area contributed by atoms with Crippen molar-refractivity contribution in [1.29, 1.82) is 0 Å². The normalized spacial score (nSPS) is 11.4. The van der Waals surface area contributed by atoms with E-state index in [0.717, 1.165) is 22.0 Å². The molecule has 0 saturated heterocycles. The average Bonchev–Trinajstić information content (AvgIpc) is 2.85. The fourth-order valence-corrected chi connectivity index (χ4v) is 3.89. The zero-order valence-corrected chi connectivity index (χ0v) is 15.1. The van der Waals surface area contributed by atoms with Crippen LogP contribution in [0.3, 0.4) is 0 Å². The maximum atomic E-state index is 12.2. The van der Waals surface area contributed by atoms with Crippen molar-refractivity contribution in [2.24, 2.45) is 0 Å². The van der Waals surface area contributed by atoms with E-state index in [-0.39, 0.29) is 12.2 Å². The molecule has 0 bridgehead atoms. The summed E-state index contributed by atoms with van der Waals surface area (Å²) in [6.45, 7) is 6.96. The smallest absolute Gasteiger partial charge is 0.331 e. The Balaban J connectivity index is 2.21. The van der Waals surface area contributed by atoms with Crippen LogP contribution in [0.4, 0.5) is 0 Å². The van der Waals surface area contributed by atoms with Gasteiger partial charge in [-0.2, -0.15) is 0 Å². The van der Waals surface area contributed by atoms with Crippen LogP contribution < -0.4 is 0 Å². The third-order valence-electron chi connectivity index (χ3n) is 2.62. The third kappa shape index (κ3) is 4.94. The number of benzene rings is 1. The topological polar surface area (TPSA) is 65.5 Å². The number of para-hydroxylation sites is 1. The summed E-state index contributed by atoms with van der Waals surface area (Å²) >= 11 is 2.51. The number of thioether (sulfide) groups is 1. The Bertz CT molecular complexity index is 641. The average molecular weight is 353 g/mol. The molecule has 0 saturated carbocycles. The number of hydrogen-bond donors (Lipinski definition) is 0. The van der Waals surface area contributed by atoms with E-state index in [1.165, 1.54) is 11.3 Å². The number of aromatic nitrogens is 1. The number of carbonyl (C=O) groups is 2. The summed E-state index contributed by atoms with van der Waals surface area (Å²) < 4.78 is 12.0. The van der Waals surface area contributed by atoms with Gasteiger partial charge in [0.05, 0.1) is 22.4 Å². The van der Waals surface area contributed by atoms with Gasteiger partial charge in [-0.3, -0.25) is 9.59 Å². The molecule has 0 radical (unpaired) electrons. The zero-order chi connectivity index (χ0) is 17.0. The molecule has 124 valence electrons. The first kappa shape index (κ1) is 17.7. The molecule has 0 fully saturated rings. The number of esters is 2. The van der Waals surface area contributed by atoms with Gasteiger partial charge in [-0.25, -0.2) is 4.98 Å². The van der Waals surface area contributed by atoms with Crippen LogP contribution in [0.25, 0.3) is 10.2 Å². The number of rotatable bonds is 6. The highest BCUT2D eigenvalue weighted by Gasteiger charge is 2.33. The first-order chi connectivity index (χ1) is 10.9. The van der Waals surface area contributed by atoms with Crippen LogP contribution in [0.15, 0.2) is 28.6 Å². The van der Waals surface area contributed by atoms with Crippen molar-refractivity contribution in [2.75, 3.05) is 0 Å². The van der Waals surface area contributed by atoms with Crippen LogP contribution in [0.5, 0.6) is 0 Å².